The van der Waals surface area contributed by atoms with Crippen molar-refractivity contribution in [2.45, 2.75) is 51.0 Å². The van der Waals surface area contributed by atoms with Crippen LogP contribution in [0.25, 0.3) is 0 Å². The molecule has 2 aromatic rings. The Balaban J connectivity index is 1.60. The van der Waals surface area contributed by atoms with Crippen LogP contribution in [0.2, 0.25) is 0 Å². The van der Waals surface area contributed by atoms with Crippen LogP contribution in [0.3, 0.4) is 0 Å². The maximum atomic E-state index is 13.3. The number of benzene rings is 1. The van der Waals surface area contributed by atoms with Gasteiger partial charge in [-0.2, -0.15) is 0 Å². The van der Waals surface area contributed by atoms with Crippen LogP contribution in [0.1, 0.15) is 54.9 Å². The van der Waals surface area contributed by atoms with Crippen molar-refractivity contribution in [1.82, 2.24) is 10.2 Å². The smallest absolute Gasteiger partial charge is 0.343 e. The van der Waals surface area contributed by atoms with Crippen LogP contribution in [0, 0.1) is 12.8 Å². The minimum absolute atomic E-state index is 0.0453. The predicted molar refractivity (Wildman–Crippen MR) is 134 cm³/mol. The van der Waals surface area contributed by atoms with E-state index in [1.807, 2.05) is 4.90 Å². The summed E-state index contributed by atoms with van der Waals surface area (Å²) in [5.41, 5.74) is -0.318. The molecule has 1 aliphatic heterocycles. The predicted octanol–water partition coefficient (Wildman–Crippen LogP) is 2.72. The number of rotatable bonds is 9. The zero-order valence-electron chi connectivity index (χ0n) is 21.7. The number of likely N-dealkylation sites (tertiary alicyclic amines) is 1. The summed E-state index contributed by atoms with van der Waals surface area (Å²) in [6.45, 7) is 2.77. The fraction of sp³-hybridized carbons (Fsp3) is 0.519. The Morgan fingerprint density at radius 3 is 2.32 bits per heavy atom. The van der Waals surface area contributed by atoms with E-state index in [0.717, 1.165) is 12.8 Å². The van der Waals surface area contributed by atoms with Crippen molar-refractivity contribution in [2.75, 3.05) is 34.4 Å². The van der Waals surface area contributed by atoms with Gasteiger partial charge < -0.3 is 34.0 Å². The minimum atomic E-state index is -0.886. The van der Waals surface area contributed by atoms with E-state index in [4.69, 9.17) is 18.6 Å². The van der Waals surface area contributed by atoms with Gasteiger partial charge in [0.05, 0.1) is 26.9 Å². The molecule has 0 unspecified atom stereocenters. The molecule has 2 heterocycles. The first-order valence-electron chi connectivity index (χ1n) is 12.5. The third-order valence-corrected chi connectivity index (χ3v) is 7.04. The lowest BCUT2D eigenvalue weighted by Crippen LogP contribution is -2.47. The van der Waals surface area contributed by atoms with E-state index in [1.165, 1.54) is 27.4 Å². The molecule has 1 aromatic heterocycles. The van der Waals surface area contributed by atoms with Crippen LogP contribution in [0.15, 0.2) is 27.4 Å². The summed E-state index contributed by atoms with van der Waals surface area (Å²) in [5, 5.41) is 13.8. The number of piperidine rings is 1. The van der Waals surface area contributed by atoms with Crippen molar-refractivity contribution in [3.05, 3.63) is 45.5 Å². The van der Waals surface area contributed by atoms with E-state index in [-0.39, 0.29) is 53.0 Å². The monoisotopic (exact) mass is 514 g/mol. The summed E-state index contributed by atoms with van der Waals surface area (Å²) in [6, 6.07) is 4.59. The summed E-state index contributed by atoms with van der Waals surface area (Å²) in [4.78, 5) is 40.4. The summed E-state index contributed by atoms with van der Waals surface area (Å²) in [7, 11) is 4.40. The third-order valence-electron chi connectivity index (χ3n) is 7.04. The Labute approximate surface area is 215 Å². The lowest BCUT2D eigenvalue weighted by Gasteiger charge is -2.33. The molecule has 37 heavy (non-hydrogen) atoms. The molecule has 4 rings (SSSR count). The van der Waals surface area contributed by atoms with Gasteiger partial charge in [-0.1, -0.05) is 6.07 Å². The molecule has 1 aliphatic carbocycles. The van der Waals surface area contributed by atoms with E-state index in [9.17, 15) is 19.5 Å². The van der Waals surface area contributed by atoms with Crippen molar-refractivity contribution in [1.29, 1.82) is 0 Å². The number of carbonyl (C=O) groups excluding carboxylic acids is 2. The van der Waals surface area contributed by atoms with Crippen molar-refractivity contribution in [3.63, 3.8) is 0 Å². The molecular formula is C27H34N2O8. The summed E-state index contributed by atoms with van der Waals surface area (Å²) in [6.07, 6.45) is 3.11. The largest absolute Gasteiger partial charge is 0.507 e. The lowest BCUT2D eigenvalue weighted by atomic mass is 9.87. The Hall–Kier alpha value is -3.69. The zero-order chi connectivity index (χ0) is 26.7. The lowest BCUT2D eigenvalue weighted by molar-refractivity contribution is -0.133. The van der Waals surface area contributed by atoms with Gasteiger partial charge in [0.15, 0.2) is 11.5 Å². The SMILES string of the molecule is COc1ccc([C@H](CC(=O)NC2CCN(C(=O)C3CC3)CC2)c2c(O)cc(C)oc2=O)c(OC)c1OC. The molecule has 0 bridgehead atoms. The molecule has 0 spiro atoms. The fourth-order valence-electron chi connectivity index (χ4n) is 5.00. The van der Waals surface area contributed by atoms with Crippen molar-refractivity contribution >= 4 is 11.8 Å². The first-order chi connectivity index (χ1) is 17.8. The number of hydrogen-bond donors (Lipinski definition) is 2. The molecule has 1 saturated heterocycles. The number of methoxy groups -OCH3 is 3. The molecule has 0 radical (unpaired) electrons. The second kappa shape index (κ2) is 11.1. The van der Waals surface area contributed by atoms with Gasteiger partial charge in [0, 0.05) is 49.0 Å². The summed E-state index contributed by atoms with van der Waals surface area (Å²) >= 11 is 0. The van der Waals surface area contributed by atoms with Gasteiger partial charge in [0.1, 0.15) is 11.5 Å². The van der Waals surface area contributed by atoms with Crippen LogP contribution in [-0.2, 0) is 9.59 Å². The number of ether oxygens (including phenoxy) is 3. The van der Waals surface area contributed by atoms with Gasteiger partial charge >= 0.3 is 5.63 Å². The molecule has 2 aliphatic rings. The number of nitrogens with one attached hydrogen (secondary N) is 1. The Morgan fingerprint density at radius 2 is 1.76 bits per heavy atom. The van der Waals surface area contributed by atoms with E-state index < -0.39 is 11.5 Å². The topological polar surface area (TPSA) is 128 Å². The number of aromatic hydroxyl groups is 1. The first-order valence-corrected chi connectivity index (χ1v) is 12.5. The normalized spacial score (nSPS) is 16.7. The van der Waals surface area contributed by atoms with Gasteiger partial charge in [0.25, 0.3) is 0 Å². The van der Waals surface area contributed by atoms with Gasteiger partial charge in [-0.25, -0.2) is 4.79 Å². The number of aryl methyl sites for hydroxylation is 1. The average molecular weight is 515 g/mol. The second-order valence-electron chi connectivity index (χ2n) is 9.57. The van der Waals surface area contributed by atoms with Crippen LogP contribution in [0.4, 0.5) is 0 Å². The van der Waals surface area contributed by atoms with E-state index in [1.54, 1.807) is 19.1 Å². The van der Waals surface area contributed by atoms with Gasteiger partial charge in [-0.3, -0.25) is 9.59 Å². The zero-order valence-corrected chi connectivity index (χ0v) is 21.7. The molecule has 1 atom stereocenters. The van der Waals surface area contributed by atoms with Crippen molar-refractivity contribution in [3.8, 4) is 23.0 Å². The van der Waals surface area contributed by atoms with Crippen LogP contribution in [0.5, 0.6) is 23.0 Å². The Bertz CT molecular complexity index is 1210. The molecule has 2 N–H and O–H groups in total. The maximum Gasteiger partial charge on any atom is 0.343 e. The Kier molecular flexibility index (Phi) is 7.94. The van der Waals surface area contributed by atoms with Crippen LogP contribution >= 0.6 is 0 Å². The number of carbonyl (C=O) groups is 2. The molecule has 1 aromatic carbocycles. The fourth-order valence-corrected chi connectivity index (χ4v) is 5.00. The van der Waals surface area contributed by atoms with Crippen LogP contribution in [-0.4, -0.2) is 62.3 Å². The summed E-state index contributed by atoms with van der Waals surface area (Å²) < 4.78 is 21.8. The van der Waals surface area contributed by atoms with E-state index >= 15 is 0 Å². The molecule has 10 heteroatoms. The maximum absolute atomic E-state index is 13.3. The van der Waals surface area contributed by atoms with Gasteiger partial charge in [-0.15, -0.1) is 0 Å². The average Bonchev–Trinajstić information content (AvgIpc) is 3.72. The standard InChI is InChI=1S/C27H34N2O8/c1-15-13-20(30)23(27(33)37-15)19(18-7-8-21(34-2)25(36-4)24(18)35-3)14-22(31)28-17-9-11-29(12-10-17)26(32)16-5-6-16/h7-8,13,16-17,19,30H,5-6,9-12,14H2,1-4H3,(H,28,31)/t19-/m0/s1. The van der Waals surface area contributed by atoms with E-state index in [2.05, 4.69) is 5.32 Å². The van der Waals surface area contributed by atoms with Gasteiger partial charge in [0.2, 0.25) is 17.6 Å². The molecule has 200 valence electrons. The van der Waals surface area contributed by atoms with Crippen molar-refractivity contribution < 1.29 is 33.3 Å². The highest BCUT2D eigenvalue weighted by molar-refractivity contribution is 5.81. The molecule has 2 amide bonds. The highest BCUT2D eigenvalue weighted by atomic mass is 16.5. The minimum Gasteiger partial charge on any atom is -0.507 e. The highest BCUT2D eigenvalue weighted by Crippen LogP contribution is 2.46. The summed E-state index contributed by atoms with van der Waals surface area (Å²) in [5.74, 6) is 0.193. The molecular weight excluding hydrogens is 480 g/mol. The second-order valence-corrected chi connectivity index (χ2v) is 9.57. The molecule has 1 saturated carbocycles. The number of amides is 2. The molecule has 10 nitrogen and oxygen atoms in total. The number of hydrogen-bond acceptors (Lipinski definition) is 8. The quantitative estimate of drug-likeness (QED) is 0.523. The van der Waals surface area contributed by atoms with Crippen LogP contribution < -0.4 is 25.2 Å². The molecule has 2 fully saturated rings. The van der Waals surface area contributed by atoms with Crippen molar-refractivity contribution in [2.24, 2.45) is 5.92 Å². The van der Waals surface area contributed by atoms with Gasteiger partial charge in [-0.05, 0) is 38.7 Å². The third kappa shape index (κ3) is 5.68. The first kappa shape index (κ1) is 26.4. The Morgan fingerprint density at radius 1 is 1.08 bits per heavy atom. The number of nitrogens with zero attached hydrogens (tertiary/aromatic N) is 1. The highest BCUT2D eigenvalue weighted by Gasteiger charge is 2.36. The van der Waals surface area contributed by atoms with E-state index in [0.29, 0.717) is 43.0 Å².